The lowest BCUT2D eigenvalue weighted by molar-refractivity contribution is -0.136. The highest BCUT2D eigenvalue weighted by Gasteiger charge is 2.18. The number of aliphatic carboxylic acids is 1. The van der Waals surface area contributed by atoms with E-state index >= 15 is 0 Å². The number of carbonyl (C=O) groups excluding carboxylic acids is 1. The second-order valence-corrected chi connectivity index (χ2v) is 7.90. The van der Waals surface area contributed by atoms with Gasteiger partial charge in [0, 0.05) is 11.4 Å². The van der Waals surface area contributed by atoms with Crippen molar-refractivity contribution in [2.75, 3.05) is 11.9 Å². The predicted octanol–water partition coefficient (Wildman–Crippen LogP) is 2.01. The minimum Gasteiger partial charge on any atom is -0.482 e. The molecular formula is C20H18N4O5S. The number of carboxylic acids is 1. The lowest BCUT2D eigenvalue weighted by Crippen LogP contribution is -2.25. The molecule has 0 aliphatic carbocycles. The first-order valence-electron chi connectivity index (χ1n) is 9.04. The van der Waals surface area contributed by atoms with E-state index < -0.39 is 5.97 Å². The molecular weight excluding hydrogens is 408 g/mol. The van der Waals surface area contributed by atoms with Gasteiger partial charge in [0.25, 0.3) is 11.5 Å². The van der Waals surface area contributed by atoms with E-state index in [1.165, 1.54) is 11.3 Å². The number of nitrogens with zero attached hydrogens (tertiary/aromatic N) is 1. The lowest BCUT2D eigenvalue weighted by atomic mass is 10.1. The molecule has 4 rings (SSSR count). The van der Waals surface area contributed by atoms with Gasteiger partial charge >= 0.3 is 5.97 Å². The summed E-state index contributed by atoms with van der Waals surface area (Å²) in [4.78, 5) is 43.3. The molecule has 1 aliphatic heterocycles. The van der Waals surface area contributed by atoms with E-state index in [4.69, 9.17) is 9.84 Å². The number of H-pyrrole nitrogens is 1. The Bertz CT molecular complexity index is 1260. The molecule has 30 heavy (non-hydrogen) atoms. The number of benzene rings is 1. The van der Waals surface area contributed by atoms with Gasteiger partial charge in [0.1, 0.15) is 10.6 Å². The number of rotatable bonds is 6. The van der Waals surface area contributed by atoms with E-state index in [9.17, 15) is 14.4 Å². The first-order chi connectivity index (χ1) is 14.3. The van der Waals surface area contributed by atoms with Crippen molar-refractivity contribution in [3.8, 4) is 5.75 Å². The van der Waals surface area contributed by atoms with Crippen LogP contribution in [0.4, 0.5) is 5.69 Å². The number of carbonyl (C=O) groups is 2. The van der Waals surface area contributed by atoms with Crippen LogP contribution < -0.4 is 20.9 Å². The quantitative estimate of drug-likeness (QED) is 0.474. The Balaban J connectivity index is 1.54. The van der Waals surface area contributed by atoms with E-state index in [1.54, 1.807) is 19.1 Å². The Kier molecular flexibility index (Phi) is 5.00. The SMILES string of the molecule is C=C(NCc1ccc2c(c1)NC(=O)CO2)c1nc2sc(CC(=O)O)c(C)c2c(=O)[nH]1. The van der Waals surface area contributed by atoms with Crippen molar-refractivity contribution in [2.24, 2.45) is 0 Å². The largest absolute Gasteiger partial charge is 0.482 e. The fourth-order valence-corrected chi connectivity index (χ4v) is 4.34. The zero-order valence-corrected chi connectivity index (χ0v) is 16.8. The Morgan fingerprint density at radius 1 is 1.40 bits per heavy atom. The Hall–Kier alpha value is -3.66. The minimum atomic E-state index is -0.959. The molecule has 0 bridgehead atoms. The highest BCUT2D eigenvalue weighted by Crippen LogP contribution is 2.29. The number of ether oxygens (including phenoxy) is 1. The summed E-state index contributed by atoms with van der Waals surface area (Å²) in [5.74, 6) is -0.274. The molecule has 3 heterocycles. The summed E-state index contributed by atoms with van der Waals surface area (Å²) in [7, 11) is 0. The molecule has 0 atom stereocenters. The van der Waals surface area contributed by atoms with Crippen LogP contribution in [0.5, 0.6) is 5.75 Å². The van der Waals surface area contributed by atoms with Crippen LogP contribution >= 0.6 is 11.3 Å². The number of thiophene rings is 1. The van der Waals surface area contributed by atoms with Crippen molar-refractivity contribution >= 4 is 44.8 Å². The van der Waals surface area contributed by atoms with Crippen molar-refractivity contribution in [1.82, 2.24) is 15.3 Å². The average Bonchev–Trinajstić information content (AvgIpc) is 3.00. The molecule has 0 saturated carbocycles. The summed E-state index contributed by atoms with van der Waals surface area (Å²) in [6.45, 7) is 6.04. The second-order valence-electron chi connectivity index (χ2n) is 6.81. The lowest BCUT2D eigenvalue weighted by Gasteiger charge is -2.18. The van der Waals surface area contributed by atoms with E-state index in [-0.39, 0.29) is 30.3 Å². The van der Waals surface area contributed by atoms with Crippen LogP contribution in [-0.2, 0) is 22.6 Å². The average molecular weight is 426 g/mol. The molecule has 10 heteroatoms. The van der Waals surface area contributed by atoms with E-state index in [1.807, 2.05) is 6.07 Å². The zero-order chi connectivity index (χ0) is 21.4. The number of fused-ring (bicyclic) bond motifs is 2. The number of hydrogen-bond donors (Lipinski definition) is 4. The summed E-state index contributed by atoms with van der Waals surface area (Å²) in [6, 6.07) is 5.43. The molecule has 2 aromatic heterocycles. The number of carboxylic acid groups (broad SMARTS) is 1. The van der Waals surface area contributed by atoms with Crippen molar-refractivity contribution < 1.29 is 19.4 Å². The molecule has 0 spiro atoms. The van der Waals surface area contributed by atoms with E-state index in [0.29, 0.717) is 44.3 Å². The van der Waals surface area contributed by atoms with Crippen molar-refractivity contribution in [2.45, 2.75) is 19.9 Å². The number of aromatic nitrogens is 2. The standard InChI is InChI=1S/C20H18N4O5S/c1-9-14(6-16(26)27)30-20-17(9)19(28)23-18(24-20)10(2)21-7-11-3-4-13-12(5-11)22-15(25)8-29-13/h3-5,21H,2,6-8H2,1H3,(H,22,25)(H,26,27)(H,23,24,28). The highest BCUT2D eigenvalue weighted by atomic mass is 32.1. The second kappa shape index (κ2) is 7.64. The maximum Gasteiger partial charge on any atom is 0.308 e. The molecule has 0 unspecified atom stereocenters. The van der Waals surface area contributed by atoms with Gasteiger partial charge in [0.15, 0.2) is 12.4 Å². The summed E-state index contributed by atoms with van der Waals surface area (Å²) >= 11 is 1.19. The molecule has 3 aromatic rings. The molecule has 0 radical (unpaired) electrons. The first-order valence-corrected chi connectivity index (χ1v) is 9.86. The van der Waals surface area contributed by atoms with Crippen molar-refractivity contribution in [3.63, 3.8) is 0 Å². The molecule has 0 fully saturated rings. The summed E-state index contributed by atoms with van der Waals surface area (Å²) in [5, 5.41) is 15.3. The van der Waals surface area contributed by atoms with Gasteiger partial charge in [0.05, 0.1) is 23.2 Å². The third-order valence-corrected chi connectivity index (χ3v) is 5.87. The zero-order valence-electron chi connectivity index (χ0n) is 16.0. The Morgan fingerprint density at radius 3 is 2.97 bits per heavy atom. The van der Waals surface area contributed by atoms with Gasteiger partial charge < -0.3 is 25.5 Å². The van der Waals surface area contributed by atoms with Gasteiger partial charge in [-0.3, -0.25) is 14.4 Å². The molecule has 1 aliphatic rings. The van der Waals surface area contributed by atoms with Crippen LogP contribution in [0.2, 0.25) is 0 Å². The van der Waals surface area contributed by atoms with E-state index in [2.05, 4.69) is 27.2 Å². The predicted molar refractivity (Wildman–Crippen MR) is 113 cm³/mol. The number of amides is 1. The van der Waals surface area contributed by atoms with Crippen LogP contribution in [0.25, 0.3) is 15.9 Å². The van der Waals surface area contributed by atoms with Crippen molar-refractivity contribution in [3.05, 3.63) is 57.0 Å². The van der Waals surface area contributed by atoms with Gasteiger partial charge in [-0.1, -0.05) is 12.6 Å². The maximum atomic E-state index is 12.5. The van der Waals surface area contributed by atoms with Gasteiger partial charge in [-0.25, -0.2) is 4.98 Å². The van der Waals surface area contributed by atoms with Crippen molar-refractivity contribution in [1.29, 1.82) is 0 Å². The third-order valence-electron chi connectivity index (χ3n) is 4.68. The monoisotopic (exact) mass is 426 g/mol. The summed E-state index contributed by atoms with van der Waals surface area (Å²) in [6.07, 6.45) is -0.153. The van der Waals surface area contributed by atoms with Gasteiger partial charge in [0.2, 0.25) is 0 Å². The van der Waals surface area contributed by atoms with Gasteiger partial charge in [-0.15, -0.1) is 11.3 Å². The maximum absolute atomic E-state index is 12.5. The third kappa shape index (κ3) is 3.77. The smallest absolute Gasteiger partial charge is 0.308 e. The fraction of sp³-hybridized carbons (Fsp3) is 0.200. The molecule has 0 saturated heterocycles. The number of nitrogens with one attached hydrogen (secondary N) is 3. The van der Waals surface area contributed by atoms with Crippen LogP contribution in [-0.4, -0.2) is 33.6 Å². The van der Waals surface area contributed by atoms with Crippen LogP contribution in [0.3, 0.4) is 0 Å². The minimum absolute atomic E-state index is 0.000708. The topological polar surface area (TPSA) is 133 Å². The first kappa shape index (κ1) is 19.6. The van der Waals surface area contributed by atoms with E-state index in [0.717, 1.165) is 5.56 Å². The number of aryl methyl sites for hydroxylation is 1. The summed E-state index contributed by atoms with van der Waals surface area (Å²) < 4.78 is 5.34. The number of aromatic amines is 1. The molecule has 9 nitrogen and oxygen atoms in total. The molecule has 1 amide bonds. The van der Waals surface area contributed by atoms with Crippen LogP contribution in [0.1, 0.15) is 21.8 Å². The molecule has 154 valence electrons. The van der Waals surface area contributed by atoms with Crippen LogP contribution in [0.15, 0.2) is 29.6 Å². The van der Waals surface area contributed by atoms with Gasteiger partial charge in [-0.2, -0.15) is 0 Å². The molecule has 1 aromatic carbocycles. The Labute approximate surface area is 174 Å². The highest BCUT2D eigenvalue weighted by molar-refractivity contribution is 7.18. The van der Waals surface area contributed by atoms with Crippen LogP contribution in [0, 0.1) is 6.92 Å². The number of anilines is 1. The normalized spacial score (nSPS) is 12.8. The fourth-order valence-electron chi connectivity index (χ4n) is 3.17. The summed E-state index contributed by atoms with van der Waals surface area (Å²) in [5.41, 5.74) is 2.19. The number of hydrogen-bond acceptors (Lipinski definition) is 7. The van der Waals surface area contributed by atoms with Gasteiger partial charge in [-0.05, 0) is 30.2 Å². The molecule has 4 N–H and O–H groups in total. The Morgan fingerprint density at radius 2 is 2.20 bits per heavy atom.